The maximum atomic E-state index is 6.35. The number of aromatic nitrogens is 2. The summed E-state index contributed by atoms with van der Waals surface area (Å²) in [6.45, 7) is 8.64. The molecule has 1 aliphatic heterocycles. The lowest BCUT2D eigenvalue weighted by molar-refractivity contribution is 0.563. The Kier molecular flexibility index (Phi) is 5.92. The van der Waals surface area contributed by atoms with E-state index in [0.717, 1.165) is 22.1 Å². The maximum absolute atomic E-state index is 6.35. The highest BCUT2D eigenvalue weighted by atomic mass is 35.5. The molecule has 4 nitrogen and oxygen atoms in total. The van der Waals surface area contributed by atoms with E-state index in [9.17, 15) is 0 Å². The van der Waals surface area contributed by atoms with E-state index >= 15 is 0 Å². The molecule has 3 heterocycles. The third-order valence-electron chi connectivity index (χ3n) is 6.78. The number of pyridine rings is 1. The molecule has 2 aromatic carbocycles. The highest BCUT2D eigenvalue weighted by molar-refractivity contribution is 7.80. The van der Waals surface area contributed by atoms with Crippen LogP contribution in [0, 0.1) is 27.7 Å². The average molecular weight is 487 g/mol. The lowest BCUT2D eigenvalue weighted by atomic mass is 9.93. The average Bonchev–Trinajstić information content (AvgIpc) is 3.27. The minimum absolute atomic E-state index is 0.0516. The lowest BCUT2D eigenvalue weighted by Crippen LogP contribution is -2.29. The summed E-state index contributed by atoms with van der Waals surface area (Å²) in [4.78, 5) is 6.94. The van der Waals surface area contributed by atoms with E-state index in [-0.39, 0.29) is 12.1 Å². The predicted molar refractivity (Wildman–Crippen MR) is 144 cm³/mol. The van der Waals surface area contributed by atoms with Crippen molar-refractivity contribution in [3.8, 4) is 5.69 Å². The van der Waals surface area contributed by atoms with E-state index in [1.807, 2.05) is 36.5 Å². The fourth-order valence-corrected chi connectivity index (χ4v) is 5.61. The fraction of sp³-hybridized carbons (Fsp3) is 0.214. The standard InChI is InChI=1S/C28H27ClN4S/c1-17-11-13-22(14-12-17)33-27(26(31-28(33)34)24-10-5-6-15-30-24)25-18(2)19(3)32(20(25)4)23-9-7-8-21(29)16-23/h5-16,26-27H,1-4H3,(H,31,34)/t26-,27-/m0/s1. The van der Waals surface area contributed by atoms with E-state index < -0.39 is 0 Å². The van der Waals surface area contributed by atoms with Gasteiger partial charge in [0.25, 0.3) is 0 Å². The Labute approximate surface area is 211 Å². The number of rotatable bonds is 4. The molecule has 2 atom stereocenters. The number of thiocarbonyl (C=S) groups is 1. The van der Waals surface area contributed by atoms with E-state index in [4.69, 9.17) is 28.8 Å². The molecule has 34 heavy (non-hydrogen) atoms. The van der Waals surface area contributed by atoms with Crippen molar-refractivity contribution >= 4 is 34.6 Å². The minimum atomic E-state index is -0.0815. The zero-order chi connectivity index (χ0) is 24.0. The summed E-state index contributed by atoms with van der Waals surface area (Å²) in [5.74, 6) is 0. The van der Waals surface area contributed by atoms with E-state index in [0.29, 0.717) is 5.11 Å². The topological polar surface area (TPSA) is 33.1 Å². The smallest absolute Gasteiger partial charge is 0.174 e. The number of benzene rings is 2. The molecule has 5 rings (SSSR count). The van der Waals surface area contributed by atoms with Crippen molar-refractivity contribution in [2.75, 3.05) is 4.90 Å². The predicted octanol–water partition coefficient (Wildman–Crippen LogP) is 6.94. The van der Waals surface area contributed by atoms with Crippen LogP contribution in [0.5, 0.6) is 0 Å². The number of anilines is 1. The zero-order valence-electron chi connectivity index (χ0n) is 19.7. The van der Waals surface area contributed by atoms with Crippen molar-refractivity contribution in [1.82, 2.24) is 14.9 Å². The molecule has 172 valence electrons. The van der Waals surface area contributed by atoms with Gasteiger partial charge in [-0.25, -0.2) is 0 Å². The molecule has 0 amide bonds. The first-order valence-corrected chi connectivity index (χ1v) is 12.2. The van der Waals surface area contributed by atoms with Crippen LogP contribution in [-0.2, 0) is 0 Å². The summed E-state index contributed by atoms with van der Waals surface area (Å²) in [5.41, 5.74) is 9.17. The maximum Gasteiger partial charge on any atom is 0.174 e. The molecule has 0 aliphatic carbocycles. The molecule has 1 fully saturated rings. The molecule has 1 N–H and O–H groups in total. The second-order valence-corrected chi connectivity index (χ2v) is 9.68. The first-order chi connectivity index (χ1) is 16.4. The Morgan fingerprint density at radius 2 is 1.65 bits per heavy atom. The summed E-state index contributed by atoms with van der Waals surface area (Å²) in [6.07, 6.45) is 1.84. The minimum Gasteiger partial charge on any atom is -0.351 e. The zero-order valence-corrected chi connectivity index (χ0v) is 21.3. The number of halogens is 1. The van der Waals surface area contributed by atoms with Gasteiger partial charge in [-0.05, 0) is 87.9 Å². The van der Waals surface area contributed by atoms with Gasteiger partial charge in [-0.15, -0.1) is 0 Å². The summed E-state index contributed by atoms with van der Waals surface area (Å²) < 4.78 is 2.29. The number of nitrogens with zero attached hydrogens (tertiary/aromatic N) is 3. The molecule has 0 saturated carbocycles. The van der Waals surface area contributed by atoms with E-state index in [1.54, 1.807) is 0 Å². The van der Waals surface area contributed by atoms with E-state index in [2.05, 4.69) is 78.9 Å². The molecular formula is C28H27ClN4S. The Morgan fingerprint density at radius 1 is 0.882 bits per heavy atom. The molecule has 6 heteroatoms. The normalized spacial score (nSPS) is 17.8. The second-order valence-electron chi connectivity index (χ2n) is 8.86. The highest BCUT2D eigenvalue weighted by Crippen LogP contribution is 2.45. The van der Waals surface area contributed by atoms with Crippen LogP contribution in [0.1, 0.15) is 45.9 Å². The van der Waals surface area contributed by atoms with Crippen LogP contribution < -0.4 is 10.2 Å². The van der Waals surface area contributed by atoms with Crippen molar-refractivity contribution < 1.29 is 0 Å². The summed E-state index contributed by atoms with van der Waals surface area (Å²) in [7, 11) is 0. The van der Waals surface area contributed by atoms with Gasteiger partial charge in [-0.1, -0.05) is 41.4 Å². The van der Waals surface area contributed by atoms with Crippen molar-refractivity contribution in [3.05, 3.63) is 112 Å². The Bertz CT molecular complexity index is 1360. The molecule has 2 aromatic heterocycles. The SMILES string of the molecule is Cc1ccc(N2C(=S)N[C@@H](c3ccccn3)[C@@H]2c2c(C)c(C)n(-c3cccc(Cl)c3)c2C)cc1. The van der Waals surface area contributed by atoms with Gasteiger partial charge in [0.15, 0.2) is 5.11 Å². The fourth-order valence-electron chi connectivity index (χ4n) is 5.08. The van der Waals surface area contributed by atoms with Gasteiger partial charge in [-0.3, -0.25) is 4.98 Å². The summed E-state index contributed by atoms with van der Waals surface area (Å²) in [5, 5.41) is 5.01. The van der Waals surface area contributed by atoms with Crippen molar-refractivity contribution in [3.63, 3.8) is 0 Å². The lowest BCUT2D eigenvalue weighted by Gasteiger charge is -2.29. The van der Waals surface area contributed by atoms with Crippen LogP contribution in [0.3, 0.4) is 0 Å². The van der Waals surface area contributed by atoms with Crippen molar-refractivity contribution in [1.29, 1.82) is 0 Å². The second kappa shape index (κ2) is 8.90. The third-order valence-corrected chi connectivity index (χ3v) is 7.33. The monoisotopic (exact) mass is 486 g/mol. The van der Waals surface area contributed by atoms with Gasteiger partial charge in [0.1, 0.15) is 0 Å². The van der Waals surface area contributed by atoms with Crippen molar-refractivity contribution in [2.24, 2.45) is 0 Å². The highest BCUT2D eigenvalue weighted by Gasteiger charge is 2.43. The van der Waals surface area contributed by atoms with Crippen molar-refractivity contribution in [2.45, 2.75) is 39.8 Å². The van der Waals surface area contributed by atoms with Crippen LogP contribution in [-0.4, -0.2) is 14.7 Å². The first-order valence-electron chi connectivity index (χ1n) is 11.4. The van der Waals surface area contributed by atoms with Gasteiger partial charge >= 0.3 is 0 Å². The number of hydrogen-bond donors (Lipinski definition) is 1. The molecule has 0 unspecified atom stereocenters. The number of nitrogens with one attached hydrogen (secondary N) is 1. The number of hydrogen-bond acceptors (Lipinski definition) is 2. The quantitative estimate of drug-likeness (QED) is 0.317. The van der Waals surface area contributed by atoms with Crippen LogP contribution in [0.15, 0.2) is 72.9 Å². The van der Waals surface area contributed by atoms with Gasteiger partial charge in [0.05, 0.1) is 17.8 Å². The van der Waals surface area contributed by atoms with Crippen LogP contribution in [0.25, 0.3) is 5.69 Å². The van der Waals surface area contributed by atoms with Gasteiger partial charge in [-0.2, -0.15) is 0 Å². The molecule has 0 radical (unpaired) electrons. The van der Waals surface area contributed by atoms with Gasteiger partial charge in [0, 0.05) is 39.5 Å². The summed E-state index contributed by atoms with van der Waals surface area (Å²) in [6, 6.07) is 22.5. The molecule has 1 saturated heterocycles. The van der Waals surface area contributed by atoms with Crippen LogP contribution in [0.4, 0.5) is 5.69 Å². The first kappa shape index (κ1) is 22.6. The Balaban J connectivity index is 1.73. The van der Waals surface area contributed by atoms with Crippen LogP contribution >= 0.6 is 23.8 Å². The molecule has 0 bridgehead atoms. The molecule has 0 spiro atoms. The third kappa shape index (κ3) is 3.79. The largest absolute Gasteiger partial charge is 0.351 e. The molecule has 1 aliphatic rings. The van der Waals surface area contributed by atoms with Gasteiger partial charge in [0.2, 0.25) is 0 Å². The Hall–Kier alpha value is -3.15. The van der Waals surface area contributed by atoms with E-state index in [1.165, 1.54) is 28.1 Å². The summed E-state index contributed by atoms with van der Waals surface area (Å²) >= 11 is 12.3. The molecular weight excluding hydrogens is 460 g/mol. The number of aryl methyl sites for hydroxylation is 1. The molecule has 4 aromatic rings. The van der Waals surface area contributed by atoms with Gasteiger partial charge < -0.3 is 14.8 Å². The Morgan fingerprint density at radius 3 is 2.32 bits per heavy atom. The van der Waals surface area contributed by atoms with Crippen LogP contribution in [0.2, 0.25) is 5.02 Å².